The topological polar surface area (TPSA) is 26.3 Å². The molecular weight excluding hydrogens is 344 g/mol. The molecule has 0 saturated heterocycles. The number of hydrogen-bond acceptors (Lipinski definition) is 2. The van der Waals surface area contributed by atoms with Crippen LogP contribution in [-0.4, -0.2) is 18.0 Å². The fourth-order valence-corrected chi connectivity index (χ4v) is 6.22. The Hall–Kier alpha value is -1.15. The molecule has 2 heteroatoms. The van der Waals surface area contributed by atoms with Gasteiger partial charge < -0.3 is 9.53 Å². The monoisotopic (exact) mass is 384 g/mol. The van der Waals surface area contributed by atoms with Crippen molar-refractivity contribution in [1.82, 2.24) is 0 Å². The van der Waals surface area contributed by atoms with E-state index in [9.17, 15) is 4.79 Å². The van der Waals surface area contributed by atoms with E-state index in [0.29, 0.717) is 23.4 Å². The average molecular weight is 385 g/mol. The van der Waals surface area contributed by atoms with Gasteiger partial charge in [0.1, 0.15) is 6.29 Å². The predicted molar refractivity (Wildman–Crippen MR) is 117 cm³/mol. The molecule has 0 aromatic carbocycles. The van der Waals surface area contributed by atoms with Crippen LogP contribution >= 0.6 is 0 Å². The maximum absolute atomic E-state index is 11.4. The van der Waals surface area contributed by atoms with Crippen LogP contribution < -0.4 is 0 Å². The number of aldehydes is 1. The van der Waals surface area contributed by atoms with Crippen LogP contribution in [0.5, 0.6) is 0 Å². The van der Waals surface area contributed by atoms with Crippen molar-refractivity contribution in [2.45, 2.75) is 97.7 Å². The van der Waals surface area contributed by atoms with Crippen molar-refractivity contribution < 1.29 is 9.53 Å². The van der Waals surface area contributed by atoms with Gasteiger partial charge in [-0.15, -0.1) is 0 Å². The van der Waals surface area contributed by atoms with Crippen molar-refractivity contribution >= 4 is 6.29 Å². The zero-order valence-corrected chi connectivity index (χ0v) is 18.7. The summed E-state index contributed by atoms with van der Waals surface area (Å²) in [5, 5.41) is 0. The molecule has 5 atom stereocenters. The lowest BCUT2D eigenvalue weighted by molar-refractivity contribution is -0.113. The normalized spacial score (nSPS) is 37.9. The Morgan fingerprint density at radius 1 is 1.18 bits per heavy atom. The fraction of sp³-hybridized carbons (Fsp3) is 0.731. The summed E-state index contributed by atoms with van der Waals surface area (Å²) in [6.45, 7) is 15.3. The van der Waals surface area contributed by atoms with Crippen molar-refractivity contribution in [1.29, 1.82) is 0 Å². The maximum Gasteiger partial charge on any atom is 0.123 e. The zero-order valence-electron chi connectivity index (χ0n) is 18.7. The highest BCUT2D eigenvalue weighted by Crippen LogP contribution is 2.59. The standard InChI is InChI=1S/C26H40O2/c1-18-9-12-22(28-25(3,4)5)16-21(18)11-10-20-8-7-15-26(6)23(19(2)17-27)13-14-24(20)26/h10-11,17,19,22-24H,1,7-9,12-16H2,2-6H3/b20-10+,21-11+. The lowest BCUT2D eigenvalue weighted by Gasteiger charge is -2.43. The lowest BCUT2D eigenvalue weighted by Crippen LogP contribution is -2.36. The van der Waals surface area contributed by atoms with E-state index >= 15 is 0 Å². The van der Waals surface area contributed by atoms with Gasteiger partial charge in [-0.25, -0.2) is 0 Å². The smallest absolute Gasteiger partial charge is 0.123 e. The van der Waals surface area contributed by atoms with Gasteiger partial charge >= 0.3 is 0 Å². The van der Waals surface area contributed by atoms with Gasteiger partial charge in [0.2, 0.25) is 0 Å². The number of ether oxygens (including phenoxy) is 1. The second-order valence-corrected chi connectivity index (χ2v) is 10.7. The molecule has 3 aliphatic carbocycles. The van der Waals surface area contributed by atoms with Crippen molar-refractivity contribution in [3.8, 4) is 0 Å². The van der Waals surface area contributed by atoms with Crippen LogP contribution in [0, 0.1) is 23.2 Å². The molecule has 0 aromatic heterocycles. The van der Waals surface area contributed by atoms with Gasteiger partial charge in [0.05, 0.1) is 11.7 Å². The third kappa shape index (κ3) is 4.53. The van der Waals surface area contributed by atoms with Gasteiger partial charge in [-0.3, -0.25) is 0 Å². The molecule has 2 nitrogen and oxygen atoms in total. The highest BCUT2D eigenvalue weighted by Gasteiger charge is 2.50. The molecular formula is C26H40O2. The molecule has 0 radical (unpaired) electrons. The number of carbonyl (C=O) groups is 1. The van der Waals surface area contributed by atoms with Crippen LogP contribution in [0.25, 0.3) is 0 Å². The minimum absolute atomic E-state index is 0.0910. The van der Waals surface area contributed by atoms with Gasteiger partial charge in [0.15, 0.2) is 0 Å². The van der Waals surface area contributed by atoms with Gasteiger partial charge in [-0.2, -0.15) is 0 Å². The van der Waals surface area contributed by atoms with E-state index in [1.54, 1.807) is 5.57 Å². The summed E-state index contributed by atoms with van der Waals surface area (Å²) < 4.78 is 6.25. The summed E-state index contributed by atoms with van der Waals surface area (Å²) in [7, 11) is 0. The summed E-state index contributed by atoms with van der Waals surface area (Å²) in [5.41, 5.74) is 4.46. The number of rotatable bonds is 4. The summed E-state index contributed by atoms with van der Waals surface area (Å²) in [4.78, 5) is 11.4. The Bertz CT molecular complexity index is 662. The first-order valence-corrected chi connectivity index (χ1v) is 11.3. The Morgan fingerprint density at radius 2 is 1.93 bits per heavy atom. The Balaban J connectivity index is 1.77. The summed E-state index contributed by atoms with van der Waals surface area (Å²) >= 11 is 0. The molecule has 0 aliphatic heterocycles. The molecule has 3 fully saturated rings. The van der Waals surface area contributed by atoms with Crippen molar-refractivity contribution in [3.05, 3.63) is 35.5 Å². The fourth-order valence-electron chi connectivity index (χ4n) is 6.22. The van der Waals surface area contributed by atoms with E-state index in [4.69, 9.17) is 4.74 Å². The van der Waals surface area contributed by atoms with Gasteiger partial charge in [0.25, 0.3) is 0 Å². The second kappa shape index (κ2) is 8.30. The summed E-state index contributed by atoms with van der Waals surface area (Å²) in [6.07, 6.45) is 15.5. The maximum atomic E-state index is 11.4. The molecule has 3 rings (SSSR count). The Kier molecular flexibility index (Phi) is 6.39. The number of fused-ring (bicyclic) bond motifs is 1. The third-order valence-corrected chi connectivity index (χ3v) is 7.58. The van der Waals surface area contributed by atoms with E-state index < -0.39 is 0 Å². The first-order valence-electron chi connectivity index (χ1n) is 11.3. The Labute approximate surface area is 172 Å². The molecule has 0 bridgehead atoms. The van der Waals surface area contributed by atoms with Crippen LogP contribution in [0.2, 0.25) is 0 Å². The molecule has 3 saturated carbocycles. The van der Waals surface area contributed by atoms with Crippen LogP contribution in [0.15, 0.2) is 35.5 Å². The predicted octanol–water partition coefficient (Wildman–Crippen LogP) is 6.81. The van der Waals surface area contributed by atoms with Crippen molar-refractivity contribution in [2.24, 2.45) is 23.2 Å². The van der Waals surface area contributed by atoms with E-state index in [1.165, 1.54) is 49.5 Å². The minimum atomic E-state index is -0.0910. The van der Waals surface area contributed by atoms with Crippen LogP contribution in [-0.2, 0) is 9.53 Å². The number of hydrogen-bond donors (Lipinski definition) is 0. The van der Waals surface area contributed by atoms with Crippen LogP contribution in [0.1, 0.15) is 86.0 Å². The molecule has 0 aromatic rings. The molecule has 5 unspecified atom stereocenters. The van der Waals surface area contributed by atoms with E-state index in [0.717, 1.165) is 19.3 Å². The van der Waals surface area contributed by atoms with Crippen molar-refractivity contribution in [3.63, 3.8) is 0 Å². The molecule has 0 heterocycles. The van der Waals surface area contributed by atoms with Gasteiger partial charge in [0, 0.05) is 5.92 Å². The first kappa shape index (κ1) is 21.6. The van der Waals surface area contributed by atoms with E-state index in [2.05, 4.69) is 53.3 Å². The van der Waals surface area contributed by atoms with Gasteiger partial charge in [-0.05, 0) is 95.0 Å². The SMILES string of the molecule is C=C1CCC(OC(C)(C)C)C/C1=C\C=C1/CCCC2(C)C1CCC2C(C)C=O. The quantitative estimate of drug-likeness (QED) is 0.497. The molecule has 0 amide bonds. The summed E-state index contributed by atoms with van der Waals surface area (Å²) in [6, 6.07) is 0. The zero-order chi connectivity index (χ0) is 20.5. The molecule has 0 spiro atoms. The van der Waals surface area contributed by atoms with Crippen molar-refractivity contribution in [2.75, 3.05) is 0 Å². The highest BCUT2D eigenvalue weighted by atomic mass is 16.5. The Morgan fingerprint density at radius 3 is 2.61 bits per heavy atom. The molecule has 28 heavy (non-hydrogen) atoms. The number of allylic oxidation sites excluding steroid dienone is 4. The van der Waals surface area contributed by atoms with Crippen LogP contribution in [0.3, 0.4) is 0 Å². The molecule has 156 valence electrons. The minimum Gasteiger partial charge on any atom is -0.372 e. The van der Waals surface area contributed by atoms with Crippen LogP contribution in [0.4, 0.5) is 0 Å². The second-order valence-electron chi connectivity index (χ2n) is 10.7. The average Bonchev–Trinajstić information content (AvgIpc) is 2.98. The van der Waals surface area contributed by atoms with Gasteiger partial charge in [-0.1, -0.05) is 43.7 Å². The highest BCUT2D eigenvalue weighted by molar-refractivity contribution is 5.54. The summed E-state index contributed by atoms with van der Waals surface area (Å²) in [5.74, 6) is 1.37. The lowest BCUT2D eigenvalue weighted by atomic mass is 9.61. The third-order valence-electron chi connectivity index (χ3n) is 7.58. The van der Waals surface area contributed by atoms with E-state index in [-0.39, 0.29) is 11.5 Å². The molecule has 3 aliphatic rings. The van der Waals surface area contributed by atoms with E-state index in [1.807, 2.05) is 0 Å². The molecule has 0 N–H and O–H groups in total. The number of carbonyl (C=O) groups excluding carboxylic acids is 1. The first-order chi connectivity index (χ1) is 13.1. The largest absolute Gasteiger partial charge is 0.372 e.